The van der Waals surface area contributed by atoms with Crippen LogP contribution >= 0.6 is 0 Å². The third-order valence-corrected chi connectivity index (χ3v) is 5.77. The number of carbonyl (C=O) groups excluding carboxylic acids is 2. The highest BCUT2D eigenvalue weighted by Gasteiger charge is 2.25. The van der Waals surface area contributed by atoms with Crippen LogP contribution in [0, 0.1) is 19.3 Å². The van der Waals surface area contributed by atoms with Crippen LogP contribution in [0.4, 0.5) is 5.69 Å². The van der Waals surface area contributed by atoms with E-state index in [9.17, 15) is 9.59 Å². The summed E-state index contributed by atoms with van der Waals surface area (Å²) in [4.78, 5) is 24.7. The molecular formula is C31H33N3O3. The van der Waals surface area contributed by atoms with Crippen LogP contribution in [-0.2, 0) is 9.59 Å². The van der Waals surface area contributed by atoms with Gasteiger partial charge in [-0.3, -0.25) is 9.59 Å². The smallest absolute Gasteiger partial charge is 0.309 e. The van der Waals surface area contributed by atoms with E-state index in [1.165, 1.54) is 6.92 Å². The van der Waals surface area contributed by atoms with E-state index in [0.717, 1.165) is 27.9 Å². The lowest BCUT2D eigenvalue weighted by molar-refractivity contribution is -0.132. The Hall–Kier alpha value is -4.19. The number of aromatic nitrogens is 2. The summed E-state index contributed by atoms with van der Waals surface area (Å²) in [6.45, 7) is 11.5. The van der Waals surface area contributed by atoms with E-state index in [1.54, 1.807) is 4.68 Å². The highest BCUT2D eigenvalue weighted by atomic mass is 16.5. The molecule has 0 aliphatic rings. The SMILES string of the molecule is CC(=O)Oc1c(-c2ccc(NC(=O)CC(C)(C)C)cc2)c(-c2cccc(C)c2)nn1-c1cccc(C)c1. The Bertz CT molecular complexity index is 1440. The highest BCUT2D eigenvalue weighted by molar-refractivity contribution is 5.92. The molecular weight excluding hydrogens is 462 g/mol. The fourth-order valence-corrected chi connectivity index (χ4v) is 4.23. The number of esters is 1. The minimum atomic E-state index is -0.433. The van der Waals surface area contributed by atoms with Gasteiger partial charge in [0.25, 0.3) is 0 Å². The second-order valence-corrected chi connectivity index (χ2v) is 10.6. The van der Waals surface area contributed by atoms with Gasteiger partial charge < -0.3 is 10.1 Å². The molecule has 1 aromatic heterocycles. The summed E-state index contributed by atoms with van der Waals surface area (Å²) in [7, 11) is 0. The molecule has 3 aromatic carbocycles. The van der Waals surface area contributed by atoms with E-state index in [0.29, 0.717) is 29.2 Å². The first-order chi connectivity index (χ1) is 17.5. The first kappa shape index (κ1) is 25.9. The average molecular weight is 496 g/mol. The standard InChI is InChI=1S/C31H33N3O3/c1-20-9-7-11-24(17-20)29-28(23-13-15-25(16-14-23)32-27(36)19-31(4,5)6)30(37-22(3)35)34(33-29)26-12-8-10-21(2)18-26/h7-18H,19H2,1-6H3,(H,32,36). The van der Waals surface area contributed by atoms with Crippen LogP contribution in [0.2, 0.25) is 0 Å². The van der Waals surface area contributed by atoms with E-state index >= 15 is 0 Å². The molecule has 0 atom stereocenters. The molecule has 0 aliphatic heterocycles. The van der Waals surface area contributed by atoms with Gasteiger partial charge in [0.1, 0.15) is 5.69 Å². The number of nitrogens with zero attached hydrogens (tertiary/aromatic N) is 2. The Morgan fingerprint density at radius 1 is 0.892 bits per heavy atom. The van der Waals surface area contributed by atoms with E-state index in [4.69, 9.17) is 9.84 Å². The van der Waals surface area contributed by atoms with Crippen LogP contribution in [0.15, 0.2) is 72.8 Å². The summed E-state index contributed by atoms with van der Waals surface area (Å²) in [5.41, 5.74) is 6.70. The number of anilines is 1. The van der Waals surface area contributed by atoms with Gasteiger partial charge in [0.2, 0.25) is 11.8 Å². The number of ether oxygens (including phenoxy) is 1. The van der Waals surface area contributed by atoms with Crippen LogP contribution in [0.5, 0.6) is 5.88 Å². The monoisotopic (exact) mass is 495 g/mol. The molecule has 37 heavy (non-hydrogen) atoms. The third-order valence-electron chi connectivity index (χ3n) is 5.77. The number of carbonyl (C=O) groups is 2. The van der Waals surface area contributed by atoms with Crippen molar-refractivity contribution in [1.29, 1.82) is 0 Å². The second kappa shape index (κ2) is 10.4. The summed E-state index contributed by atoms with van der Waals surface area (Å²) >= 11 is 0. The van der Waals surface area contributed by atoms with Gasteiger partial charge >= 0.3 is 5.97 Å². The van der Waals surface area contributed by atoms with Crippen LogP contribution in [0.25, 0.3) is 28.1 Å². The summed E-state index contributed by atoms with van der Waals surface area (Å²) in [6.07, 6.45) is 0.423. The van der Waals surface area contributed by atoms with E-state index in [1.807, 2.05) is 101 Å². The van der Waals surface area contributed by atoms with Crippen molar-refractivity contribution in [2.75, 3.05) is 5.32 Å². The predicted molar refractivity (Wildman–Crippen MR) is 148 cm³/mol. The van der Waals surface area contributed by atoms with Crippen molar-refractivity contribution in [2.45, 2.75) is 48.0 Å². The van der Waals surface area contributed by atoms with Crippen molar-refractivity contribution in [2.24, 2.45) is 5.41 Å². The fourth-order valence-electron chi connectivity index (χ4n) is 4.23. The van der Waals surface area contributed by atoms with Crippen molar-refractivity contribution in [3.05, 3.63) is 83.9 Å². The molecule has 4 aromatic rings. The second-order valence-electron chi connectivity index (χ2n) is 10.6. The van der Waals surface area contributed by atoms with E-state index < -0.39 is 5.97 Å². The minimum absolute atomic E-state index is 0.0337. The molecule has 0 fully saturated rings. The quantitative estimate of drug-likeness (QED) is 0.289. The maximum absolute atomic E-state index is 12.4. The van der Waals surface area contributed by atoms with E-state index in [2.05, 4.69) is 11.4 Å². The van der Waals surface area contributed by atoms with Crippen molar-refractivity contribution in [3.8, 4) is 34.0 Å². The number of aryl methyl sites for hydroxylation is 2. The highest BCUT2D eigenvalue weighted by Crippen LogP contribution is 2.41. The van der Waals surface area contributed by atoms with Crippen molar-refractivity contribution < 1.29 is 14.3 Å². The van der Waals surface area contributed by atoms with Gasteiger partial charge in [-0.1, -0.05) is 68.8 Å². The molecule has 190 valence electrons. The Morgan fingerprint density at radius 2 is 1.54 bits per heavy atom. The number of nitrogens with one attached hydrogen (secondary N) is 1. The first-order valence-electron chi connectivity index (χ1n) is 12.4. The molecule has 4 rings (SSSR count). The lowest BCUT2D eigenvalue weighted by Crippen LogP contribution is -2.19. The summed E-state index contributed by atoms with van der Waals surface area (Å²) in [5, 5.41) is 7.91. The number of hydrogen-bond donors (Lipinski definition) is 1. The molecule has 1 amide bonds. The van der Waals surface area contributed by atoms with Crippen LogP contribution in [0.3, 0.4) is 0 Å². The normalized spacial score (nSPS) is 11.3. The molecule has 0 spiro atoms. The molecule has 0 saturated heterocycles. The molecule has 1 N–H and O–H groups in total. The summed E-state index contributed by atoms with van der Waals surface area (Å²) in [5.74, 6) is -0.121. The maximum atomic E-state index is 12.4. The molecule has 0 saturated carbocycles. The molecule has 0 bridgehead atoms. The van der Waals surface area contributed by atoms with Crippen LogP contribution in [-0.4, -0.2) is 21.7 Å². The minimum Gasteiger partial charge on any atom is -0.407 e. The van der Waals surface area contributed by atoms with Gasteiger partial charge in [0, 0.05) is 24.6 Å². The average Bonchev–Trinajstić information content (AvgIpc) is 3.17. The van der Waals surface area contributed by atoms with Gasteiger partial charge in [0.15, 0.2) is 0 Å². The van der Waals surface area contributed by atoms with Gasteiger partial charge in [0.05, 0.1) is 11.3 Å². The summed E-state index contributed by atoms with van der Waals surface area (Å²) in [6, 6.07) is 23.5. The number of amides is 1. The molecule has 1 heterocycles. The largest absolute Gasteiger partial charge is 0.407 e. The zero-order valence-electron chi connectivity index (χ0n) is 22.3. The Kier molecular flexibility index (Phi) is 7.30. The Morgan fingerprint density at radius 3 is 2.14 bits per heavy atom. The number of hydrogen-bond acceptors (Lipinski definition) is 4. The molecule has 0 aliphatic carbocycles. The van der Waals surface area contributed by atoms with Gasteiger partial charge in [-0.25, -0.2) is 0 Å². The van der Waals surface area contributed by atoms with Crippen molar-refractivity contribution >= 4 is 17.6 Å². The fraction of sp³-hybridized carbons (Fsp3) is 0.258. The molecule has 0 radical (unpaired) electrons. The lowest BCUT2D eigenvalue weighted by Gasteiger charge is -2.17. The van der Waals surface area contributed by atoms with Gasteiger partial charge in [-0.05, 0) is 60.7 Å². The lowest BCUT2D eigenvalue weighted by atomic mass is 9.92. The molecule has 6 heteroatoms. The van der Waals surface area contributed by atoms with Crippen LogP contribution < -0.4 is 10.1 Å². The predicted octanol–water partition coefficient (Wildman–Crippen LogP) is 7.12. The zero-order valence-corrected chi connectivity index (χ0v) is 22.3. The topological polar surface area (TPSA) is 73.2 Å². The first-order valence-corrected chi connectivity index (χ1v) is 12.4. The third kappa shape index (κ3) is 6.33. The Labute approximate surface area is 218 Å². The van der Waals surface area contributed by atoms with Crippen LogP contribution in [0.1, 0.15) is 45.2 Å². The summed E-state index contributed by atoms with van der Waals surface area (Å²) < 4.78 is 7.48. The zero-order chi connectivity index (χ0) is 26.7. The molecule has 0 unspecified atom stereocenters. The Balaban J connectivity index is 1.86. The van der Waals surface area contributed by atoms with Gasteiger partial charge in [-0.2, -0.15) is 9.78 Å². The van der Waals surface area contributed by atoms with Gasteiger partial charge in [-0.15, -0.1) is 0 Å². The van der Waals surface area contributed by atoms with E-state index in [-0.39, 0.29) is 11.3 Å². The molecule has 6 nitrogen and oxygen atoms in total. The number of benzene rings is 3. The van der Waals surface area contributed by atoms with Crippen molar-refractivity contribution in [3.63, 3.8) is 0 Å². The number of rotatable bonds is 6. The maximum Gasteiger partial charge on any atom is 0.309 e. The van der Waals surface area contributed by atoms with Crippen molar-refractivity contribution in [1.82, 2.24) is 9.78 Å².